The summed E-state index contributed by atoms with van der Waals surface area (Å²) in [5, 5.41) is 0. The molecule has 0 fully saturated rings. The Balaban J connectivity index is 2.71. The van der Waals surface area contributed by atoms with Gasteiger partial charge in [-0.05, 0) is 55.2 Å². The van der Waals surface area contributed by atoms with Gasteiger partial charge in [0, 0.05) is 0 Å². The average molecular weight is 663 g/mol. The van der Waals surface area contributed by atoms with Crippen LogP contribution in [0.15, 0.2) is 17.0 Å². The summed E-state index contributed by atoms with van der Waals surface area (Å²) >= 11 is 0. The molecule has 1 aromatic carbocycles. The molecule has 0 aliphatic carbocycles. The number of aryl methyl sites for hydroxylation is 2. The fourth-order valence-electron chi connectivity index (χ4n) is 7.14. The first kappa shape index (κ1) is 43.2. The fraction of sp³-hybridized carbons (Fsp3) is 0.857. The Bertz CT molecular complexity index is 923. The molecule has 0 heterocycles. The van der Waals surface area contributed by atoms with Gasteiger partial charge >= 0.3 is 0 Å². The Kier molecular flexibility index (Phi) is 28.3. The SMILES string of the molecule is CCCCCCCCCCCCc1ccc(CCCCCCCCCCCC)c(S(=O)(=O)O)c1CCCCCCCCCCCC. The van der Waals surface area contributed by atoms with E-state index < -0.39 is 10.1 Å². The maximum Gasteiger partial charge on any atom is 0.295 e. The van der Waals surface area contributed by atoms with Crippen LogP contribution in [0.3, 0.4) is 0 Å². The first-order valence-electron chi connectivity index (χ1n) is 20.6. The van der Waals surface area contributed by atoms with Crippen molar-refractivity contribution in [2.45, 2.75) is 238 Å². The largest absolute Gasteiger partial charge is 0.295 e. The van der Waals surface area contributed by atoms with E-state index in [1.807, 2.05) is 6.07 Å². The molecular formula is C42H78O3S. The Hall–Kier alpha value is -0.870. The third-order valence-electron chi connectivity index (χ3n) is 10.1. The molecule has 1 aromatic rings. The van der Waals surface area contributed by atoms with Gasteiger partial charge < -0.3 is 0 Å². The van der Waals surface area contributed by atoms with Crippen LogP contribution >= 0.6 is 0 Å². The van der Waals surface area contributed by atoms with Crippen LogP contribution in [0.25, 0.3) is 0 Å². The minimum atomic E-state index is -4.26. The van der Waals surface area contributed by atoms with Crippen LogP contribution in [0.4, 0.5) is 0 Å². The van der Waals surface area contributed by atoms with Crippen molar-refractivity contribution in [2.75, 3.05) is 0 Å². The molecule has 0 saturated heterocycles. The van der Waals surface area contributed by atoms with E-state index in [0.29, 0.717) is 0 Å². The van der Waals surface area contributed by atoms with E-state index in [1.165, 1.54) is 161 Å². The summed E-state index contributed by atoms with van der Waals surface area (Å²) in [6.07, 6.45) is 40.8. The first-order valence-corrected chi connectivity index (χ1v) is 22.0. The third-order valence-corrected chi connectivity index (χ3v) is 11.1. The summed E-state index contributed by atoms with van der Waals surface area (Å²) in [5.41, 5.74) is 2.94. The number of benzene rings is 1. The van der Waals surface area contributed by atoms with Crippen molar-refractivity contribution in [3.8, 4) is 0 Å². The fourth-order valence-corrected chi connectivity index (χ4v) is 8.18. The second-order valence-electron chi connectivity index (χ2n) is 14.5. The zero-order valence-corrected chi connectivity index (χ0v) is 32.0. The maximum atomic E-state index is 12.9. The van der Waals surface area contributed by atoms with Crippen molar-refractivity contribution in [1.82, 2.24) is 0 Å². The summed E-state index contributed by atoms with van der Waals surface area (Å²) in [5.74, 6) is 0. The topological polar surface area (TPSA) is 54.4 Å². The average Bonchev–Trinajstić information content (AvgIpc) is 3.03. The molecule has 0 aliphatic heterocycles. The molecular weight excluding hydrogens is 585 g/mol. The lowest BCUT2D eigenvalue weighted by atomic mass is 9.92. The number of unbranched alkanes of at least 4 members (excludes halogenated alkanes) is 27. The molecule has 0 aromatic heterocycles. The standard InChI is InChI=1S/C42H78O3S/c1-4-7-10-13-16-19-22-25-28-31-34-39-37-38-40(35-32-29-26-23-20-17-14-11-8-5-2)42(46(43,44)45)41(39)36-33-30-27-24-21-18-15-12-9-6-3/h37-38H,4-36H2,1-3H3,(H,43,44,45). The van der Waals surface area contributed by atoms with Gasteiger partial charge in [-0.3, -0.25) is 4.55 Å². The molecule has 270 valence electrons. The van der Waals surface area contributed by atoms with Crippen molar-refractivity contribution in [3.63, 3.8) is 0 Å². The minimum Gasteiger partial charge on any atom is -0.282 e. The lowest BCUT2D eigenvalue weighted by Gasteiger charge is -2.18. The van der Waals surface area contributed by atoms with Crippen LogP contribution in [-0.4, -0.2) is 13.0 Å². The Morgan fingerprint density at radius 3 is 0.978 bits per heavy atom. The highest BCUT2D eigenvalue weighted by Crippen LogP contribution is 2.30. The molecule has 4 heteroatoms. The van der Waals surface area contributed by atoms with E-state index in [-0.39, 0.29) is 4.90 Å². The van der Waals surface area contributed by atoms with E-state index >= 15 is 0 Å². The Morgan fingerprint density at radius 2 is 0.652 bits per heavy atom. The molecule has 0 unspecified atom stereocenters. The highest BCUT2D eigenvalue weighted by molar-refractivity contribution is 7.86. The van der Waals surface area contributed by atoms with E-state index in [4.69, 9.17) is 0 Å². The molecule has 0 radical (unpaired) electrons. The van der Waals surface area contributed by atoms with Gasteiger partial charge in [0.15, 0.2) is 0 Å². The van der Waals surface area contributed by atoms with Crippen LogP contribution in [0.1, 0.15) is 230 Å². The van der Waals surface area contributed by atoms with Gasteiger partial charge in [0.1, 0.15) is 4.90 Å². The molecule has 0 aliphatic rings. The second-order valence-corrected chi connectivity index (χ2v) is 15.8. The Morgan fingerprint density at radius 1 is 0.391 bits per heavy atom. The molecule has 3 nitrogen and oxygen atoms in total. The molecule has 1 N–H and O–H groups in total. The predicted molar refractivity (Wildman–Crippen MR) is 203 cm³/mol. The van der Waals surface area contributed by atoms with Gasteiger partial charge in [0.2, 0.25) is 0 Å². The lowest BCUT2D eigenvalue weighted by molar-refractivity contribution is 0.479. The first-order chi connectivity index (χ1) is 22.5. The van der Waals surface area contributed by atoms with Gasteiger partial charge in [-0.2, -0.15) is 8.42 Å². The van der Waals surface area contributed by atoms with E-state index in [9.17, 15) is 13.0 Å². The van der Waals surface area contributed by atoms with E-state index in [1.54, 1.807) is 0 Å². The van der Waals surface area contributed by atoms with Gasteiger partial charge in [0.25, 0.3) is 10.1 Å². The molecule has 46 heavy (non-hydrogen) atoms. The van der Waals surface area contributed by atoms with Crippen LogP contribution in [0.2, 0.25) is 0 Å². The zero-order valence-electron chi connectivity index (χ0n) is 31.2. The molecule has 1 rings (SSSR count). The number of hydrogen-bond acceptors (Lipinski definition) is 2. The normalized spacial score (nSPS) is 11.9. The second kappa shape index (κ2) is 30.2. The monoisotopic (exact) mass is 663 g/mol. The highest BCUT2D eigenvalue weighted by atomic mass is 32.2. The maximum absolute atomic E-state index is 12.9. The van der Waals surface area contributed by atoms with E-state index in [2.05, 4.69) is 26.8 Å². The predicted octanol–water partition coefficient (Wildman–Crippen LogP) is 14.3. The van der Waals surface area contributed by atoms with Gasteiger partial charge in [-0.25, -0.2) is 0 Å². The Labute approximate surface area is 288 Å². The number of hydrogen-bond donors (Lipinski definition) is 1. The summed E-state index contributed by atoms with van der Waals surface area (Å²) < 4.78 is 36.3. The molecule has 0 saturated carbocycles. The van der Waals surface area contributed by atoms with Gasteiger partial charge in [-0.15, -0.1) is 0 Å². The van der Waals surface area contributed by atoms with Crippen molar-refractivity contribution >= 4 is 10.1 Å². The summed E-state index contributed by atoms with van der Waals surface area (Å²) in [4.78, 5) is 0.268. The minimum absolute atomic E-state index is 0.268. The lowest BCUT2D eigenvalue weighted by Crippen LogP contribution is -2.11. The quantitative estimate of drug-likeness (QED) is 0.0590. The summed E-state index contributed by atoms with van der Waals surface area (Å²) in [7, 11) is -4.26. The van der Waals surface area contributed by atoms with Crippen molar-refractivity contribution in [2.24, 2.45) is 0 Å². The highest BCUT2D eigenvalue weighted by Gasteiger charge is 2.22. The molecule has 0 amide bonds. The number of rotatable bonds is 34. The van der Waals surface area contributed by atoms with E-state index in [0.717, 1.165) is 68.1 Å². The zero-order chi connectivity index (χ0) is 33.6. The van der Waals surface area contributed by atoms with Crippen LogP contribution in [0.5, 0.6) is 0 Å². The van der Waals surface area contributed by atoms with Crippen LogP contribution < -0.4 is 0 Å². The molecule has 0 spiro atoms. The van der Waals surface area contributed by atoms with Gasteiger partial charge in [0.05, 0.1) is 0 Å². The third kappa shape index (κ3) is 22.7. The van der Waals surface area contributed by atoms with Crippen LogP contribution in [-0.2, 0) is 29.4 Å². The van der Waals surface area contributed by atoms with Crippen molar-refractivity contribution in [1.29, 1.82) is 0 Å². The molecule has 0 bridgehead atoms. The van der Waals surface area contributed by atoms with Crippen molar-refractivity contribution < 1.29 is 13.0 Å². The summed E-state index contributed by atoms with van der Waals surface area (Å²) in [6.45, 7) is 6.80. The van der Waals surface area contributed by atoms with Crippen LogP contribution in [0, 0.1) is 0 Å². The van der Waals surface area contributed by atoms with Gasteiger partial charge in [-0.1, -0.05) is 206 Å². The van der Waals surface area contributed by atoms with Crippen molar-refractivity contribution in [3.05, 3.63) is 28.8 Å². The molecule has 0 atom stereocenters. The smallest absolute Gasteiger partial charge is 0.282 e. The summed E-state index contributed by atoms with van der Waals surface area (Å²) in [6, 6.07) is 4.24.